The molecule has 1 unspecified atom stereocenters. The molecule has 0 heterocycles. The van der Waals surface area contributed by atoms with Gasteiger partial charge in [0.15, 0.2) is 0 Å². The lowest BCUT2D eigenvalue weighted by Crippen LogP contribution is -2.44. The molecule has 1 aromatic rings. The Kier molecular flexibility index (Phi) is 5.04. The lowest BCUT2D eigenvalue weighted by atomic mass is 9.78. The fourth-order valence-corrected chi connectivity index (χ4v) is 3.47. The molecule has 1 fully saturated rings. The summed E-state index contributed by atoms with van der Waals surface area (Å²) in [6, 6.07) is 6.46. The lowest BCUT2D eigenvalue weighted by Gasteiger charge is -2.34. The molecule has 1 atom stereocenters. The molecule has 0 saturated heterocycles. The van der Waals surface area contributed by atoms with Gasteiger partial charge in [-0.2, -0.15) is 0 Å². The molecular weight excluding hydrogens is 326 g/mol. The molecule has 2 rings (SSSR count). The maximum Gasteiger partial charge on any atom is 0.133 e. The Balaban J connectivity index is 2.10. The van der Waals surface area contributed by atoms with E-state index in [2.05, 4.69) is 67.1 Å². The van der Waals surface area contributed by atoms with Crippen LogP contribution < -0.4 is 10.1 Å². The molecule has 118 valence electrons. The van der Waals surface area contributed by atoms with Crippen LogP contribution in [0.1, 0.15) is 46.1 Å². The molecule has 0 radical (unpaired) electrons. The van der Waals surface area contributed by atoms with Crippen molar-refractivity contribution in [3.63, 3.8) is 0 Å². The van der Waals surface area contributed by atoms with Crippen LogP contribution >= 0.6 is 15.9 Å². The summed E-state index contributed by atoms with van der Waals surface area (Å²) in [5, 5.41) is 3.70. The van der Waals surface area contributed by atoms with E-state index in [9.17, 15) is 0 Å². The standard InChI is InChI=1S/C18H28BrNO/c1-17(2,3)20-12-18(4,14-7-8-14)11-13-6-9-16(21-5)15(19)10-13/h6,9-10,14,20H,7-8,11-12H2,1-5H3. The highest BCUT2D eigenvalue weighted by Gasteiger charge is 2.41. The van der Waals surface area contributed by atoms with E-state index in [1.165, 1.54) is 18.4 Å². The molecule has 1 aliphatic rings. The Labute approximate surface area is 137 Å². The molecule has 0 aliphatic heterocycles. The first kappa shape index (κ1) is 16.8. The summed E-state index contributed by atoms with van der Waals surface area (Å²) in [7, 11) is 1.71. The van der Waals surface area contributed by atoms with Gasteiger partial charge in [0.05, 0.1) is 11.6 Å². The zero-order valence-electron chi connectivity index (χ0n) is 13.9. The average molecular weight is 354 g/mol. The van der Waals surface area contributed by atoms with Crippen LogP contribution in [0.25, 0.3) is 0 Å². The molecule has 0 aromatic heterocycles. The van der Waals surface area contributed by atoms with Crippen LogP contribution in [0.3, 0.4) is 0 Å². The summed E-state index contributed by atoms with van der Waals surface area (Å²) in [5.41, 5.74) is 1.89. The normalized spacial score (nSPS) is 18.4. The van der Waals surface area contributed by atoms with Crippen molar-refractivity contribution in [1.29, 1.82) is 0 Å². The van der Waals surface area contributed by atoms with Gasteiger partial charge in [-0.15, -0.1) is 0 Å². The van der Waals surface area contributed by atoms with Gasteiger partial charge in [-0.3, -0.25) is 0 Å². The van der Waals surface area contributed by atoms with Gasteiger partial charge in [-0.1, -0.05) is 13.0 Å². The highest BCUT2D eigenvalue weighted by molar-refractivity contribution is 9.10. The molecule has 0 spiro atoms. The summed E-state index contributed by atoms with van der Waals surface area (Å²) in [5.74, 6) is 1.76. The third-order valence-electron chi connectivity index (χ3n) is 4.41. The van der Waals surface area contributed by atoms with Gasteiger partial charge < -0.3 is 10.1 Å². The summed E-state index contributed by atoms with van der Waals surface area (Å²) in [6.07, 6.45) is 3.86. The Morgan fingerprint density at radius 3 is 2.38 bits per heavy atom. The van der Waals surface area contributed by atoms with E-state index in [4.69, 9.17) is 4.74 Å². The molecule has 0 amide bonds. The van der Waals surface area contributed by atoms with Gasteiger partial charge in [0.2, 0.25) is 0 Å². The number of hydrogen-bond acceptors (Lipinski definition) is 2. The van der Waals surface area contributed by atoms with Crippen LogP contribution in [-0.2, 0) is 6.42 Å². The largest absolute Gasteiger partial charge is 0.496 e. The van der Waals surface area contributed by atoms with E-state index in [0.717, 1.165) is 29.1 Å². The van der Waals surface area contributed by atoms with Crippen molar-refractivity contribution in [3.05, 3.63) is 28.2 Å². The van der Waals surface area contributed by atoms with Gasteiger partial charge in [-0.05, 0) is 85.0 Å². The predicted molar refractivity (Wildman–Crippen MR) is 93.0 cm³/mol. The van der Waals surface area contributed by atoms with Crippen LogP contribution in [0, 0.1) is 11.3 Å². The van der Waals surface area contributed by atoms with E-state index in [1.54, 1.807) is 7.11 Å². The third kappa shape index (κ3) is 4.72. The summed E-state index contributed by atoms with van der Waals surface area (Å²) < 4.78 is 6.37. The Hall–Kier alpha value is -0.540. The number of benzene rings is 1. The second-order valence-electron chi connectivity index (χ2n) is 7.68. The molecule has 1 aliphatic carbocycles. The van der Waals surface area contributed by atoms with Gasteiger partial charge in [0.25, 0.3) is 0 Å². The van der Waals surface area contributed by atoms with Crippen LogP contribution in [0.15, 0.2) is 22.7 Å². The minimum Gasteiger partial charge on any atom is -0.496 e. The van der Waals surface area contributed by atoms with Crippen molar-refractivity contribution in [2.24, 2.45) is 11.3 Å². The van der Waals surface area contributed by atoms with Crippen molar-refractivity contribution in [2.45, 2.75) is 52.5 Å². The summed E-state index contributed by atoms with van der Waals surface area (Å²) in [6.45, 7) is 10.2. The van der Waals surface area contributed by atoms with Gasteiger partial charge in [-0.25, -0.2) is 0 Å². The minimum absolute atomic E-state index is 0.177. The van der Waals surface area contributed by atoms with Crippen LogP contribution in [0.5, 0.6) is 5.75 Å². The number of rotatable bonds is 6. The lowest BCUT2D eigenvalue weighted by molar-refractivity contribution is 0.227. The monoisotopic (exact) mass is 353 g/mol. The fraction of sp³-hybridized carbons (Fsp3) is 0.667. The molecule has 0 bridgehead atoms. The van der Waals surface area contributed by atoms with Crippen molar-refractivity contribution < 1.29 is 4.74 Å². The molecule has 21 heavy (non-hydrogen) atoms. The Bertz CT molecular complexity index is 490. The average Bonchev–Trinajstić information content (AvgIpc) is 3.20. The van der Waals surface area contributed by atoms with E-state index >= 15 is 0 Å². The van der Waals surface area contributed by atoms with Crippen LogP contribution in [0.4, 0.5) is 0 Å². The van der Waals surface area contributed by atoms with E-state index < -0.39 is 0 Å². The van der Waals surface area contributed by atoms with Crippen LogP contribution in [0.2, 0.25) is 0 Å². The number of nitrogens with one attached hydrogen (secondary N) is 1. The number of hydrogen-bond donors (Lipinski definition) is 1. The zero-order chi connectivity index (χ0) is 15.7. The first-order valence-corrected chi connectivity index (χ1v) is 8.60. The van der Waals surface area contributed by atoms with E-state index in [1.807, 2.05) is 0 Å². The minimum atomic E-state index is 0.177. The molecule has 3 heteroatoms. The highest BCUT2D eigenvalue weighted by Crippen LogP contribution is 2.47. The zero-order valence-corrected chi connectivity index (χ0v) is 15.5. The van der Waals surface area contributed by atoms with Gasteiger partial charge >= 0.3 is 0 Å². The number of methoxy groups -OCH3 is 1. The molecule has 1 N–H and O–H groups in total. The number of halogens is 1. The van der Waals surface area contributed by atoms with E-state index in [0.29, 0.717) is 5.41 Å². The van der Waals surface area contributed by atoms with Crippen molar-refractivity contribution in [3.8, 4) is 5.75 Å². The topological polar surface area (TPSA) is 21.3 Å². The van der Waals surface area contributed by atoms with Crippen molar-refractivity contribution in [1.82, 2.24) is 5.32 Å². The quantitative estimate of drug-likeness (QED) is 0.792. The second-order valence-corrected chi connectivity index (χ2v) is 8.53. The molecule has 1 saturated carbocycles. The first-order valence-electron chi connectivity index (χ1n) is 7.81. The molecule has 1 aromatic carbocycles. The first-order chi connectivity index (χ1) is 9.73. The fourth-order valence-electron chi connectivity index (χ4n) is 2.88. The van der Waals surface area contributed by atoms with Crippen molar-refractivity contribution in [2.75, 3.05) is 13.7 Å². The molecule has 2 nitrogen and oxygen atoms in total. The van der Waals surface area contributed by atoms with Crippen LogP contribution in [-0.4, -0.2) is 19.2 Å². The second kappa shape index (κ2) is 6.29. The third-order valence-corrected chi connectivity index (χ3v) is 5.03. The summed E-state index contributed by atoms with van der Waals surface area (Å²) in [4.78, 5) is 0. The smallest absolute Gasteiger partial charge is 0.133 e. The summed E-state index contributed by atoms with van der Waals surface area (Å²) >= 11 is 3.60. The van der Waals surface area contributed by atoms with Crippen molar-refractivity contribution >= 4 is 15.9 Å². The molecular formula is C18H28BrNO. The highest BCUT2D eigenvalue weighted by atomic mass is 79.9. The maximum atomic E-state index is 5.32. The SMILES string of the molecule is COc1ccc(CC(C)(CNC(C)(C)C)C2CC2)cc1Br. The Morgan fingerprint density at radius 2 is 1.90 bits per heavy atom. The van der Waals surface area contributed by atoms with Gasteiger partial charge in [0, 0.05) is 12.1 Å². The predicted octanol–water partition coefficient (Wildman–Crippen LogP) is 4.80. The Morgan fingerprint density at radius 1 is 1.24 bits per heavy atom. The van der Waals surface area contributed by atoms with E-state index in [-0.39, 0.29) is 5.54 Å². The van der Waals surface area contributed by atoms with Gasteiger partial charge in [0.1, 0.15) is 5.75 Å². The maximum absolute atomic E-state index is 5.32. The number of ether oxygens (including phenoxy) is 1.